The van der Waals surface area contributed by atoms with Gasteiger partial charge in [-0.05, 0) is 31.0 Å². The summed E-state index contributed by atoms with van der Waals surface area (Å²) in [5, 5.41) is 18.3. The van der Waals surface area contributed by atoms with Crippen LogP contribution in [0, 0.1) is 0 Å². The Balaban J connectivity index is 0.00000200. The molecule has 1 aliphatic rings. The summed E-state index contributed by atoms with van der Waals surface area (Å²) >= 11 is 3.50. The summed E-state index contributed by atoms with van der Waals surface area (Å²) in [5.41, 5.74) is 1.66. The van der Waals surface area contributed by atoms with Crippen LogP contribution < -0.4 is 0 Å². The third-order valence-corrected chi connectivity index (χ3v) is 4.35. The molecule has 0 aromatic heterocycles. The Bertz CT molecular complexity index is 431. The third kappa shape index (κ3) is 4.41. The smallest absolute Gasteiger partial charge is 0.178 e. The largest absolute Gasteiger partial charge is 0.383 e. The first-order valence-electron chi connectivity index (χ1n) is 6.49. The van der Waals surface area contributed by atoms with Crippen molar-refractivity contribution >= 4 is 28.3 Å². The first-order chi connectivity index (χ1) is 9.11. The van der Waals surface area contributed by atoms with Gasteiger partial charge in [-0.1, -0.05) is 28.1 Å². The molecule has 2 rings (SSSR count). The summed E-state index contributed by atoms with van der Waals surface area (Å²) in [6, 6.07) is 5.95. The number of hydrogen-bond donors (Lipinski definition) is 2. The minimum Gasteiger partial charge on any atom is -0.383 e. The van der Waals surface area contributed by atoms with Crippen LogP contribution in [-0.2, 0) is 11.3 Å². The van der Waals surface area contributed by atoms with E-state index < -0.39 is 6.29 Å². The van der Waals surface area contributed by atoms with Gasteiger partial charge in [0.05, 0.1) is 6.61 Å². The number of rotatable bonds is 5. The summed E-state index contributed by atoms with van der Waals surface area (Å²) in [5.74, 6) is 0. The second-order valence-corrected chi connectivity index (χ2v) is 5.80. The lowest BCUT2D eigenvalue weighted by atomic mass is 10.1. The molecule has 1 saturated heterocycles. The van der Waals surface area contributed by atoms with E-state index in [0.29, 0.717) is 11.6 Å². The Hall–Kier alpha value is -0.170. The van der Waals surface area contributed by atoms with Gasteiger partial charge in [0.1, 0.15) is 0 Å². The van der Waals surface area contributed by atoms with Crippen LogP contribution in [0.2, 0.25) is 0 Å². The van der Waals surface area contributed by atoms with Crippen LogP contribution in [0.4, 0.5) is 0 Å². The van der Waals surface area contributed by atoms with Crippen LogP contribution in [0.15, 0.2) is 22.7 Å². The molecule has 1 atom stereocenters. The Morgan fingerprint density at radius 2 is 2.20 bits per heavy atom. The molecule has 1 aromatic carbocycles. The van der Waals surface area contributed by atoms with Crippen LogP contribution in [0.5, 0.6) is 0 Å². The van der Waals surface area contributed by atoms with Crippen LogP contribution in [0.25, 0.3) is 0 Å². The van der Waals surface area contributed by atoms with Gasteiger partial charge >= 0.3 is 0 Å². The number of methoxy groups -OCH3 is 1. The van der Waals surface area contributed by atoms with E-state index in [9.17, 15) is 0 Å². The number of halogens is 2. The van der Waals surface area contributed by atoms with Crippen LogP contribution in [0.3, 0.4) is 0 Å². The number of benzene rings is 1. The minimum absolute atomic E-state index is 0. The predicted octanol–water partition coefficient (Wildman–Crippen LogP) is 2.46. The number of ether oxygens (including phenoxy) is 1. The first kappa shape index (κ1) is 17.9. The van der Waals surface area contributed by atoms with E-state index in [1.54, 1.807) is 19.2 Å². The highest BCUT2D eigenvalue weighted by Crippen LogP contribution is 2.26. The molecule has 1 aromatic rings. The zero-order chi connectivity index (χ0) is 13.8. The Kier molecular flexibility index (Phi) is 7.43. The fraction of sp³-hybridized carbons (Fsp3) is 0.571. The highest BCUT2D eigenvalue weighted by atomic mass is 79.9. The summed E-state index contributed by atoms with van der Waals surface area (Å²) in [7, 11) is 1.74. The highest BCUT2D eigenvalue weighted by molar-refractivity contribution is 9.10. The number of nitrogens with zero attached hydrogens (tertiary/aromatic N) is 1. The van der Waals surface area contributed by atoms with Gasteiger partial charge in [-0.3, -0.25) is 4.90 Å². The summed E-state index contributed by atoms with van der Waals surface area (Å²) in [4.78, 5) is 2.42. The standard InChI is InChI=1S/C14H20BrNO3.ClH/c1-19-9-12-3-2-6-16(12)8-11-5-4-10(14(17)18)7-13(11)15;/h4-5,7,12,14,17-18H,2-3,6,8-9H2,1H3;1H/t12-;/m0./s1. The van der Waals surface area contributed by atoms with Crippen molar-refractivity contribution in [3.63, 3.8) is 0 Å². The molecule has 0 bridgehead atoms. The molecular formula is C14H21BrClNO3. The molecule has 0 amide bonds. The van der Waals surface area contributed by atoms with Gasteiger partial charge in [-0.25, -0.2) is 0 Å². The second-order valence-electron chi connectivity index (χ2n) is 4.95. The summed E-state index contributed by atoms with van der Waals surface area (Å²) < 4.78 is 6.17. The third-order valence-electron chi connectivity index (χ3n) is 3.61. The average molecular weight is 367 g/mol. The molecule has 20 heavy (non-hydrogen) atoms. The van der Waals surface area contributed by atoms with E-state index in [1.165, 1.54) is 12.8 Å². The van der Waals surface area contributed by atoms with E-state index in [-0.39, 0.29) is 12.4 Å². The number of likely N-dealkylation sites (tertiary alicyclic amines) is 1. The Morgan fingerprint density at radius 3 is 2.80 bits per heavy atom. The molecule has 114 valence electrons. The maximum atomic E-state index is 9.14. The van der Waals surface area contributed by atoms with Gasteiger partial charge in [-0.2, -0.15) is 0 Å². The lowest BCUT2D eigenvalue weighted by Gasteiger charge is -2.24. The molecule has 4 nitrogen and oxygen atoms in total. The molecule has 0 saturated carbocycles. The van der Waals surface area contributed by atoms with Crippen molar-refractivity contribution in [3.05, 3.63) is 33.8 Å². The number of aliphatic hydroxyl groups is 2. The van der Waals surface area contributed by atoms with Gasteiger partial charge in [-0.15, -0.1) is 12.4 Å². The van der Waals surface area contributed by atoms with Crippen molar-refractivity contribution in [2.75, 3.05) is 20.3 Å². The quantitative estimate of drug-likeness (QED) is 0.786. The summed E-state index contributed by atoms with van der Waals surface area (Å²) in [6.07, 6.45) is 0.969. The number of hydrogen-bond acceptors (Lipinski definition) is 4. The van der Waals surface area contributed by atoms with E-state index in [2.05, 4.69) is 20.8 Å². The first-order valence-corrected chi connectivity index (χ1v) is 7.28. The monoisotopic (exact) mass is 365 g/mol. The topological polar surface area (TPSA) is 52.9 Å². The minimum atomic E-state index is -1.42. The van der Waals surface area contributed by atoms with Crippen LogP contribution >= 0.6 is 28.3 Å². The molecule has 1 heterocycles. The van der Waals surface area contributed by atoms with Crippen molar-refractivity contribution in [1.29, 1.82) is 0 Å². The molecule has 1 aliphatic heterocycles. The molecule has 0 aliphatic carbocycles. The van der Waals surface area contributed by atoms with Crippen LogP contribution in [0.1, 0.15) is 30.3 Å². The van der Waals surface area contributed by atoms with Crippen molar-refractivity contribution < 1.29 is 14.9 Å². The maximum Gasteiger partial charge on any atom is 0.178 e. The molecule has 0 unspecified atom stereocenters. The number of aliphatic hydroxyl groups excluding tert-OH is 1. The normalized spacial score (nSPS) is 19.4. The van der Waals surface area contributed by atoms with E-state index >= 15 is 0 Å². The maximum absolute atomic E-state index is 9.14. The molecule has 2 N–H and O–H groups in total. The zero-order valence-corrected chi connectivity index (χ0v) is 13.9. The lowest BCUT2D eigenvalue weighted by molar-refractivity contribution is -0.0425. The second kappa shape index (κ2) is 8.32. The van der Waals surface area contributed by atoms with Crippen LogP contribution in [-0.4, -0.2) is 41.4 Å². The van der Waals surface area contributed by atoms with Gasteiger partial charge in [0.2, 0.25) is 0 Å². The van der Waals surface area contributed by atoms with Crippen molar-refractivity contribution in [1.82, 2.24) is 4.90 Å². The van der Waals surface area contributed by atoms with Crippen molar-refractivity contribution in [2.24, 2.45) is 0 Å². The fourth-order valence-corrected chi connectivity index (χ4v) is 3.08. The van der Waals surface area contributed by atoms with Gasteiger partial charge in [0.25, 0.3) is 0 Å². The van der Waals surface area contributed by atoms with E-state index in [0.717, 1.165) is 29.7 Å². The highest BCUT2D eigenvalue weighted by Gasteiger charge is 2.24. The Morgan fingerprint density at radius 1 is 1.45 bits per heavy atom. The summed E-state index contributed by atoms with van der Waals surface area (Å²) in [6.45, 7) is 2.71. The van der Waals surface area contributed by atoms with Crippen molar-refractivity contribution in [2.45, 2.75) is 31.7 Å². The molecule has 0 spiro atoms. The SMILES string of the molecule is COC[C@@H]1CCCN1Cc1ccc(C(O)O)cc1Br.Cl. The molecule has 1 fully saturated rings. The fourth-order valence-electron chi connectivity index (χ4n) is 2.56. The van der Waals surface area contributed by atoms with Crippen molar-refractivity contribution in [3.8, 4) is 0 Å². The Labute approximate surface area is 134 Å². The molecule has 0 radical (unpaired) electrons. The van der Waals surface area contributed by atoms with E-state index in [4.69, 9.17) is 14.9 Å². The van der Waals surface area contributed by atoms with Gasteiger partial charge < -0.3 is 14.9 Å². The zero-order valence-electron chi connectivity index (χ0n) is 11.5. The van der Waals surface area contributed by atoms with E-state index in [1.807, 2.05) is 6.07 Å². The van der Waals surface area contributed by atoms with Gasteiger partial charge in [0.15, 0.2) is 6.29 Å². The molecular weight excluding hydrogens is 346 g/mol. The average Bonchev–Trinajstić information content (AvgIpc) is 2.79. The molecule has 6 heteroatoms. The predicted molar refractivity (Wildman–Crippen MR) is 83.9 cm³/mol. The lowest BCUT2D eigenvalue weighted by Crippen LogP contribution is -2.32. The van der Waals surface area contributed by atoms with Gasteiger partial charge in [0, 0.05) is 29.7 Å².